The summed E-state index contributed by atoms with van der Waals surface area (Å²) in [6.07, 6.45) is 4.07. The molecule has 1 aliphatic rings. The first-order chi connectivity index (χ1) is 8.04. The molecule has 17 heavy (non-hydrogen) atoms. The normalized spacial score (nSPS) is 28.6. The van der Waals surface area contributed by atoms with Crippen LogP contribution in [0.2, 0.25) is 0 Å². The first kappa shape index (κ1) is 14.9. The summed E-state index contributed by atoms with van der Waals surface area (Å²) in [6.45, 7) is 11.4. The SMILES string of the molecule is COC1CCN(C(C)CCNC(C)C)C(C)C1. The Bertz CT molecular complexity index is 208. The van der Waals surface area contributed by atoms with Gasteiger partial charge >= 0.3 is 0 Å². The van der Waals surface area contributed by atoms with Gasteiger partial charge in [0.25, 0.3) is 0 Å². The van der Waals surface area contributed by atoms with Gasteiger partial charge < -0.3 is 10.1 Å². The van der Waals surface area contributed by atoms with Crippen molar-refractivity contribution in [3.8, 4) is 0 Å². The fourth-order valence-corrected chi connectivity index (χ4v) is 2.76. The summed E-state index contributed by atoms with van der Waals surface area (Å²) in [5.74, 6) is 0. The molecule has 3 atom stereocenters. The quantitative estimate of drug-likeness (QED) is 0.773. The maximum absolute atomic E-state index is 5.46. The van der Waals surface area contributed by atoms with Gasteiger partial charge in [-0.3, -0.25) is 4.90 Å². The summed E-state index contributed by atoms with van der Waals surface area (Å²) >= 11 is 0. The zero-order chi connectivity index (χ0) is 12.8. The Morgan fingerprint density at radius 1 is 1.35 bits per heavy atom. The molecular formula is C14H30N2O. The molecule has 3 unspecified atom stereocenters. The molecule has 0 spiro atoms. The molecule has 0 aliphatic carbocycles. The fraction of sp³-hybridized carbons (Fsp3) is 1.00. The van der Waals surface area contributed by atoms with E-state index in [2.05, 4.69) is 37.9 Å². The summed E-state index contributed by atoms with van der Waals surface area (Å²) in [5.41, 5.74) is 0. The van der Waals surface area contributed by atoms with E-state index in [4.69, 9.17) is 4.74 Å². The number of rotatable bonds is 6. The Labute approximate surface area is 107 Å². The van der Waals surface area contributed by atoms with Crippen molar-refractivity contribution >= 4 is 0 Å². The van der Waals surface area contributed by atoms with Crippen LogP contribution < -0.4 is 5.32 Å². The molecule has 1 heterocycles. The summed E-state index contributed by atoms with van der Waals surface area (Å²) in [4.78, 5) is 2.64. The molecule has 0 radical (unpaired) electrons. The lowest BCUT2D eigenvalue weighted by atomic mass is 9.98. The lowest BCUT2D eigenvalue weighted by molar-refractivity contribution is 0.000454. The van der Waals surface area contributed by atoms with Crippen molar-refractivity contribution < 1.29 is 4.74 Å². The van der Waals surface area contributed by atoms with E-state index < -0.39 is 0 Å². The number of likely N-dealkylation sites (tertiary alicyclic amines) is 1. The van der Waals surface area contributed by atoms with E-state index in [9.17, 15) is 0 Å². The zero-order valence-electron chi connectivity index (χ0n) is 12.2. The van der Waals surface area contributed by atoms with Crippen LogP contribution >= 0.6 is 0 Å². The molecule has 3 nitrogen and oxygen atoms in total. The summed E-state index contributed by atoms with van der Waals surface area (Å²) in [7, 11) is 1.84. The largest absolute Gasteiger partial charge is 0.381 e. The minimum absolute atomic E-state index is 0.474. The summed E-state index contributed by atoms with van der Waals surface area (Å²) in [6, 6.07) is 1.93. The Hall–Kier alpha value is -0.120. The van der Waals surface area contributed by atoms with Crippen molar-refractivity contribution in [3.05, 3.63) is 0 Å². The van der Waals surface area contributed by atoms with E-state index in [1.165, 1.54) is 25.8 Å². The van der Waals surface area contributed by atoms with Gasteiger partial charge in [0.1, 0.15) is 0 Å². The topological polar surface area (TPSA) is 24.5 Å². The van der Waals surface area contributed by atoms with Crippen LogP contribution in [0.25, 0.3) is 0 Å². The van der Waals surface area contributed by atoms with Gasteiger partial charge in [0.05, 0.1) is 6.10 Å². The Balaban J connectivity index is 2.29. The lowest BCUT2D eigenvalue weighted by Gasteiger charge is -2.41. The molecular weight excluding hydrogens is 212 g/mol. The number of piperidine rings is 1. The Kier molecular flexibility index (Phi) is 6.45. The van der Waals surface area contributed by atoms with E-state index >= 15 is 0 Å². The van der Waals surface area contributed by atoms with Gasteiger partial charge in [-0.1, -0.05) is 13.8 Å². The molecule has 1 aliphatic heterocycles. The highest BCUT2D eigenvalue weighted by molar-refractivity contribution is 4.83. The second-order valence-corrected chi connectivity index (χ2v) is 5.72. The minimum Gasteiger partial charge on any atom is -0.381 e. The van der Waals surface area contributed by atoms with Crippen LogP contribution in [-0.2, 0) is 4.74 Å². The van der Waals surface area contributed by atoms with Gasteiger partial charge in [-0.2, -0.15) is 0 Å². The second-order valence-electron chi connectivity index (χ2n) is 5.72. The van der Waals surface area contributed by atoms with Crippen LogP contribution in [0.4, 0.5) is 0 Å². The highest BCUT2D eigenvalue weighted by Crippen LogP contribution is 2.22. The number of methoxy groups -OCH3 is 1. The number of nitrogens with one attached hydrogen (secondary N) is 1. The predicted molar refractivity (Wildman–Crippen MR) is 73.4 cm³/mol. The van der Waals surface area contributed by atoms with Crippen LogP contribution in [0, 0.1) is 0 Å². The van der Waals surface area contributed by atoms with E-state index in [1.807, 2.05) is 7.11 Å². The first-order valence-corrected chi connectivity index (χ1v) is 7.06. The van der Waals surface area contributed by atoms with Gasteiger partial charge in [0.2, 0.25) is 0 Å². The standard InChI is InChI=1S/C14H30N2O/c1-11(2)15-8-6-12(3)16-9-7-14(17-5)10-13(16)4/h11-15H,6-10H2,1-5H3. The average Bonchev–Trinajstić information content (AvgIpc) is 2.28. The number of nitrogens with zero attached hydrogens (tertiary/aromatic N) is 1. The minimum atomic E-state index is 0.474. The Morgan fingerprint density at radius 2 is 2.06 bits per heavy atom. The molecule has 0 aromatic heterocycles. The molecule has 1 N–H and O–H groups in total. The van der Waals surface area contributed by atoms with Gasteiger partial charge in [-0.15, -0.1) is 0 Å². The molecule has 0 amide bonds. The molecule has 0 aromatic rings. The highest BCUT2D eigenvalue weighted by atomic mass is 16.5. The summed E-state index contributed by atoms with van der Waals surface area (Å²) in [5, 5.41) is 3.50. The maximum Gasteiger partial charge on any atom is 0.0598 e. The molecule has 102 valence electrons. The number of hydrogen-bond donors (Lipinski definition) is 1. The highest BCUT2D eigenvalue weighted by Gasteiger charge is 2.28. The van der Waals surface area contributed by atoms with E-state index in [1.54, 1.807) is 0 Å². The fourth-order valence-electron chi connectivity index (χ4n) is 2.76. The predicted octanol–water partition coefficient (Wildman–Crippen LogP) is 2.26. The molecule has 0 bridgehead atoms. The van der Waals surface area contributed by atoms with Crippen molar-refractivity contribution in [1.29, 1.82) is 0 Å². The second kappa shape index (κ2) is 7.34. The molecule has 1 saturated heterocycles. The third-order valence-electron chi connectivity index (χ3n) is 3.89. The Morgan fingerprint density at radius 3 is 2.59 bits per heavy atom. The van der Waals surface area contributed by atoms with Crippen molar-refractivity contribution in [2.24, 2.45) is 0 Å². The summed E-state index contributed by atoms with van der Waals surface area (Å²) < 4.78 is 5.46. The van der Waals surface area contributed by atoms with Gasteiger partial charge in [0, 0.05) is 31.8 Å². The molecule has 0 aromatic carbocycles. The van der Waals surface area contributed by atoms with E-state index in [-0.39, 0.29) is 0 Å². The van der Waals surface area contributed by atoms with Crippen LogP contribution in [0.3, 0.4) is 0 Å². The van der Waals surface area contributed by atoms with Gasteiger partial charge in [0.15, 0.2) is 0 Å². The first-order valence-electron chi connectivity index (χ1n) is 7.06. The number of ether oxygens (including phenoxy) is 1. The molecule has 1 rings (SSSR count). The zero-order valence-corrected chi connectivity index (χ0v) is 12.2. The molecule has 3 heteroatoms. The van der Waals surface area contributed by atoms with Crippen LogP contribution in [0.15, 0.2) is 0 Å². The number of hydrogen-bond acceptors (Lipinski definition) is 3. The van der Waals surface area contributed by atoms with E-state index in [0.717, 1.165) is 6.54 Å². The average molecular weight is 242 g/mol. The van der Waals surface area contributed by atoms with Crippen LogP contribution in [0.5, 0.6) is 0 Å². The van der Waals surface area contributed by atoms with Crippen molar-refractivity contribution in [2.75, 3.05) is 20.2 Å². The monoisotopic (exact) mass is 242 g/mol. The van der Waals surface area contributed by atoms with Crippen LogP contribution in [0.1, 0.15) is 47.0 Å². The third kappa shape index (κ3) is 4.94. The lowest BCUT2D eigenvalue weighted by Crippen LogP contribution is -2.48. The van der Waals surface area contributed by atoms with Crippen molar-refractivity contribution in [1.82, 2.24) is 10.2 Å². The molecule has 1 fully saturated rings. The molecule has 0 saturated carbocycles. The smallest absolute Gasteiger partial charge is 0.0598 e. The van der Waals surface area contributed by atoms with E-state index in [0.29, 0.717) is 24.2 Å². The van der Waals surface area contributed by atoms with Crippen molar-refractivity contribution in [2.45, 2.75) is 71.2 Å². The van der Waals surface area contributed by atoms with Crippen molar-refractivity contribution in [3.63, 3.8) is 0 Å². The van der Waals surface area contributed by atoms with Gasteiger partial charge in [-0.25, -0.2) is 0 Å². The third-order valence-corrected chi connectivity index (χ3v) is 3.89. The van der Waals surface area contributed by atoms with Gasteiger partial charge in [-0.05, 0) is 39.7 Å². The maximum atomic E-state index is 5.46. The van der Waals surface area contributed by atoms with Crippen LogP contribution in [-0.4, -0.2) is 49.3 Å².